The zero-order valence-electron chi connectivity index (χ0n) is 7.93. The minimum Gasteiger partial charge on any atom is -0.370 e. The molecule has 1 aromatic heterocycles. The van der Waals surface area contributed by atoms with Gasteiger partial charge in [0.1, 0.15) is 0 Å². The summed E-state index contributed by atoms with van der Waals surface area (Å²) < 4.78 is 0. The van der Waals surface area contributed by atoms with Gasteiger partial charge in [-0.1, -0.05) is 0 Å². The van der Waals surface area contributed by atoms with E-state index < -0.39 is 0 Å². The SMILES string of the molecule is NC1=NCCN1CCc1cnccn1. The Morgan fingerprint density at radius 1 is 1.43 bits per heavy atom. The first-order valence-electron chi connectivity index (χ1n) is 4.66. The molecule has 5 nitrogen and oxygen atoms in total. The van der Waals surface area contributed by atoms with Gasteiger partial charge in [-0.2, -0.15) is 0 Å². The Morgan fingerprint density at radius 2 is 2.36 bits per heavy atom. The Hall–Kier alpha value is -1.65. The molecule has 0 spiro atoms. The van der Waals surface area contributed by atoms with Crippen LogP contribution >= 0.6 is 0 Å². The third-order valence-corrected chi connectivity index (χ3v) is 2.22. The number of rotatable bonds is 3. The summed E-state index contributed by atoms with van der Waals surface area (Å²) in [5.74, 6) is 0.647. The Morgan fingerprint density at radius 3 is 3.00 bits per heavy atom. The maximum Gasteiger partial charge on any atom is 0.191 e. The van der Waals surface area contributed by atoms with E-state index in [4.69, 9.17) is 5.73 Å². The van der Waals surface area contributed by atoms with Crippen molar-refractivity contribution in [3.05, 3.63) is 24.3 Å². The van der Waals surface area contributed by atoms with Crippen LogP contribution in [0.25, 0.3) is 0 Å². The highest BCUT2D eigenvalue weighted by atomic mass is 15.3. The van der Waals surface area contributed by atoms with E-state index in [0.717, 1.165) is 31.7 Å². The van der Waals surface area contributed by atoms with Crippen molar-refractivity contribution in [2.75, 3.05) is 19.6 Å². The first kappa shape index (κ1) is 8.93. The average molecular weight is 191 g/mol. The normalized spacial score (nSPS) is 15.7. The van der Waals surface area contributed by atoms with Crippen LogP contribution in [0.3, 0.4) is 0 Å². The van der Waals surface area contributed by atoms with Gasteiger partial charge in [-0.15, -0.1) is 0 Å². The summed E-state index contributed by atoms with van der Waals surface area (Å²) in [5, 5.41) is 0. The fourth-order valence-electron chi connectivity index (χ4n) is 1.43. The Labute approximate surface area is 82.7 Å². The molecule has 2 heterocycles. The zero-order valence-corrected chi connectivity index (χ0v) is 7.93. The molecule has 2 N–H and O–H groups in total. The number of nitrogens with two attached hydrogens (primary N) is 1. The molecule has 0 aliphatic carbocycles. The summed E-state index contributed by atoms with van der Waals surface area (Å²) in [4.78, 5) is 14.4. The van der Waals surface area contributed by atoms with Crippen molar-refractivity contribution in [3.8, 4) is 0 Å². The molecule has 74 valence electrons. The van der Waals surface area contributed by atoms with Crippen molar-refractivity contribution in [2.24, 2.45) is 10.7 Å². The minimum absolute atomic E-state index is 0.647. The van der Waals surface area contributed by atoms with Crippen molar-refractivity contribution >= 4 is 5.96 Å². The molecule has 14 heavy (non-hydrogen) atoms. The first-order chi connectivity index (χ1) is 6.86. The number of guanidine groups is 1. The second-order valence-corrected chi connectivity index (χ2v) is 3.17. The molecule has 2 rings (SSSR count). The third kappa shape index (κ3) is 1.99. The summed E-state index contributed by atoms with van der Waals surface area (Å²) in [5.41, 5.74) is 6.68. The molecule has 0 saturated heterocycles. The lowest BCUT2D eigenvalue weighted by molar-refractivity contribution is 0.455. The average Bonchev–Trinajstić information content (AvgIpc) is 2.63. The molecular formula is C9H13N5. The molecule has 5 heteroatoms. The van der Waals surface area contributed by atoms with Gasteiger partial charge in [-0.3, -0.25) is 15.0 Å². The van der Waals surface area contributed by atoms with Gasteiger partial charge >= 0.3 is 0 Å². The Balaban J connectivity index is 1.86. The molecule has 0 atom stereocenters. The molecule has 0 amide bonds. The number of hydrogen-bond acceptors (Lipinski definition) is 5. The number of nitrogens with zero attached hydrogens (tertiary/aromatic N) is 4. The van der Waals surface area contributed by atoms with Gasteiger partial charge in [-0.05, 0) is 0 Å². The number of hydrogen-bond donors (Lipinski definition) is 1. The van der Waals surface area contributed by atoms with Crippen LogP contribution in [0.15, 0.2) is 23.6 Å². The largest absolute Gasteiger partial charge is 0.370 e. The highest BCUT2D eigenvalue weighted by Gasteiger charge is 2.12. The lowest BCUT2D eigenvalue weighted by Gasteiger charge is -2.16. The maximum atomic E-state index is 5.68. The second kappa shape index (κ2) is 4.04. The van der Waals surface area contributed by atoms with Gasteiger partial charge in [0.25, 0.3) is 0 Å². The quantitative estimate of drug-likeness (QED) is 0.709. The molecule has 1 aliphatic heterocycles. The standard InChI is InChI=1S/C9H13N5/c10-9-13-4-6-14(9)5-1-8-7-11-2-3-12-8/h2-3,7H,1,4-6H2,(H2,10,13). The van der Waals surface area contributed by atoms with Crippen molar-refractivity contribution < 1.29 is 0 Å². The van der Waals surface area contributed by atoms with Crippen LogP contribution in [0.4, 0.5) is 0 Å². The molecule has 1 aliphatic rings. The highest BCUT2D eigenvalue weighted by Crippen LogP contribution is 2.00. The predicted molar refractivity (Wildman–Crippen MR) is 53.8 cm³/mol. The van der Waals surface area contributed by atoms with E-state index in [1.54, 1.807) is 18.6 Å². The highest BCUT2D eigenvalue weighted by molar-refractivity contribution is 5.79. The molecular weight excluding hydrogens is 178 g/mol. The predicted octanol–water partition coefficient (Wildman–Crippen LogP) is -0.351. The number of aromatic nitrogens is 2. The summed E-state index contributed by atoms with van der Waals surface area (Å²) in [6.45, 7) is 2.60. The minimum atomic E-state index is 0.647. The van der Waals surface area contributed by atoms with E-state index in [9.17, 15) is 0 Å². The Kier molecular flexibility index (Phi) is 2.58. The lowest BCUT2D eigenvalue weighted by atomic mass is 10.3. The molecule has 0 radical (unpaired) electrons. The second-order valence-electron chi connectivity index (χ2n) is 3.17. The van der Waals surface area contributed by atoms with Crippen LogP contribution in [0, 0.1) is 0 Å². The lowest BCUT2D eigenvalue weighted by Crippen LogP contribution is -2.35. The third-order valence-electron chi connectivity index (χ3n) is 2.22. The smallest absolute Gasteiger partial charge is 0.191 e. The van der Waals surface area contributed by atoms with Gasteiger partial charge in [0.05, 0.1) is 12.2 Å². The molecule has 0 aromatic carbocycles. The zero-order chi connectivity index (χ0) is 9.80. The number of aliphatic imine (C=N–C) groups is 1. The first-order valence-corrected chi connectivity index (χ1v) is 4.66. The molecule has 0 fully saturated rings. The van der Waals surface area contributed by atoms with E-state index in [1.165, 1.54) is 0 Å². The summed E-state index contributed by atoms with van der Waals surface area (Å²) >= 11 is 0. The fourth-order valence-corrected chi connectivity index (χ4v) is 1.43. The van der Waals surface area contributed by atoms with Crippen molar-refractivity contribution in [3.63, 3.8) is 0 Å². The van der Waals surface area contributed by atoms with Crippen LogP contribution in [-0.4, -0.2) is 40.5 Å². The van der Waals surface area contributed by atoms with E-state index in [0.29, 0.717) is 5.96 Å². The van der Waals surface area contributed by atoms with Gasteiger partial charge in [0, 0.05) is 38.1 Å². The van der Waals surface area contributed by atoms with Gasteiger partial charge in [0.15, 0.2) is 5.96 Å². The van der Waals surface area contributed by atoms with Gasteiger partial charge < -0.3 is 10.6 Å². The van der Waals surface area contributed by atoms with Gasteiger partial charge in [0.2, 0.25) is 0 Å². The van der Waals surface area contributed by atoms with Crippen molar-refractivity contribution in [1.82, 2.24) is 14.9 Å². The molecule has 0 unspecified atom stereocenters. The summed E-state index contributed by atoms with van der Waals surface area (Å²) in [7, 11) is 0. The summed E-state index contributed by atoms with van der Waals surface area (Å²) in [6, 6.07) is 0. The van der Waals surface area contributed by atoms with E-state index in [-0.39, 0.29) is 0 Å². The van der Waals surface area contributed by atoms with Crippen LogP contribution in [0.1, 0.15) is 5.69 Å². The molecule has 0 saturated carbocycles. The molecule has 1 aromatic rings. The topological polar surface area (TPSA) is 67.4 Å². The van der Waals surface area contributed by atoms with Crippen LogP contribution < -0.4 is 5.73 Å². The van der Waals surface area contributed by atoms with Crippen molar-refractivity contribution in [2.45, 2.75) is 6.42 Å². The van der Waals surface area contributed by atoms with Crippen LogP contribution in [-0.2, 0) is 6.42 Å². The van der Waals surface area contributed by atoms with E-state index in [1.807, 2.05) is 0 Å². The van der Waals surface area contributed by atoms with Crippen LogP contribution in [0.2, 0.25) is 0 Å². The van der Waals surface area contributed by atoms with Crippen molar-refractivity contribution in [1.29, 1.82) is 0 Å². The molecule has 0 bridgehead atoms. The summed E-state index contributed by atoms with van der Waals surface area (Å²) in [6.07, 6.45) is 6.03. The maximum absolute atomic E-state index is 5.68. The Bertz CT molecular complexity index is 321. The van der Waals surface area contributed by atoms with E-state index >= 15 is 0 Å². The fraction of sp³-hybridized carbons (Fsp3) is 0.444. The monoisotopic (exact) mass is 191 g/mol. The van der Waals surface area contributed by atoms with Crippen LogP contribution in [0.5, 0.6) is 0 Å². The van der Waals surface area contributed by atoms with Gasteiger partial charge in [-0.25, -0.2) is 0 Å². The van der Waals surface area contributed by atoms with E-state index in [2.05, 4.69) is 19.9 Å².